The molecule has 3 nitrogen and oxygen atoms in total. The van der Waals surface area contributed by atoms with E-state index in [1.165, 1.54) is 0 Å². The molecule has 0 unspecified atom stereocenters. The van der Waals surface area contributed by atoms with Crippen LogP contribution in [0.3, 0.4) is 0 Å². The summed E-state index contributed by atoms with van der Waals surface area (Å²) in [5, 5.41) is 2.42. The Bertz CT molecular complexity index is 129. The molecule has 9 heavy (non-hydrogen) atoms. The maximum absolute atomic E-state index is 10.6. The van der Waals surface area contributed by atoms with Gasteiger partial charge in [0.2, 0.25) is 0 Å². The van der Waals surface area contributed by atoms with Crippen molar-refractivity contribution in [2.24, 2.45) is 5.73 Å². The van der Waals surface area contributed by atoms with E-state index in [1.807, 2.05) is 6.92 Å². The van der Waals surface area contributed by atoms with Crippen molar-refractivity contribution in [3.05, 3.63) is 11.8 Å². The highest BCUT2D eigenvalue weighted by atomic mass is 16.1. The number of hydrogen-bond donors (Lipinski definition) is 2. The van der Waals surface area contributed by atoms with Gasteiger partial charge in [0.1, 0.15) is 0 Å². The van der Waals surface area contributed by atoms with E-state index in [9.17, 15) is 4.79 Å². The van der Waals surface area contributed by atoms with Crippen LogP contribution in [0, 0.1) is 0 Å². The zero-order valence-corrected chi connectivity index (χ0v) is 5.77. The van der Waals surface area contributed by atoms with Crippen LogP contribution < -0.4 is 11.1 Å². The molecule has 0 fully saturated rings. The summed E-state index contributed by atoms with van der Waals surface area (Å²) in [6.45, 7) is 1.93. The highest BCUT2D eigenvalue weighted by Crippen LogP contribution is 1.85. The Hall–Kier alpha value is -0.990. The first kappa shape index (κ1) is 8.01. The number of carbonyl (C=O) groups excluding carboxylic acids is 1. The van der Waals surface area contributed by atoms with Gasteiger partial charge in [-0.2, -0.15) is 0 Å². The Morgan fingerprint density at radius 1 is 1.78 bits per heavy atom. The number of carbonyl (C=O) groups is 1. The predicted molar refractivity (Wildman–Crippen MR) is 36.6 cm³/mol. The Balaban J connectivity index is 3.86. The lowest BCUT2D eigenvalue weighted by atomic mass is 10.3. The van der Waals surface area contributed by atoms with Gasteiger partial charge in [0.05, 0.1) is 5.70 Å². The summed E-state index contributed by atoms with van der Waals surface area (Å²) in [6, 6.07) is 0. The fourth-order valence-corrected chi connectivity index (χ4v) is 0.457. The zero-order chi connectivity index (χ0) is 7.28. The van der Waals surface area contributed by atoms with Crippen molar-refractivity contribution in [2.45, 2.75) is 13.3 Å². The SMILES string of the molecule is CC/C=C(/N)C(=O)NC. The highest BCUT2D eigenvalue weighted by Gasteiger charge is 1.97. The molecule has 0 aromatic rings. The predicted octanol–water partition coefficient (Wildman–Crippen LogP) is -0.0150. The molecular formula is C6H12N2O. The average Bonchev–Trinajstić information content (AvgIpc) is 1.87. The molecule has 0 bridgehead atoms. The highest BCUT2D eigenvalue weighted by molar-refractivity contribution is 5.92. The van der Waals surface area contributed by atoms with Gasteiger partial charge < -0.3 is 11.1 Å². The van der Waals surface area contributed by atoms with Crippen molar-refractivity contribution in [1.29, 1.82) is 0 Å². The molecule has 0 atom stereocenters. The third-order valence-electron chi connectivity index (χ3n) is 0.913. The fraction of sp³-hybridized carbons (Fsp3) is 0.500. The molecule has 52 valence electrons. The lowest BCUT2D eigenvalue weighted by molar-refractivity contribution is -0.117. The molecule has 0 heterocycles. The van der Waals surface area contributed by atoms with Crippen LogP contribution in [-0.4, -0.2) is 13.0 Å². The topological polar surface area (TPSA) is 55.1 Å². The second-order valence-electron chi connectivity index (χ2n) is 1.65. The third kappa shape index (κ3) is 2.74. The van der Waals surface area contributed by atoms with Crippen molar-refractivity contribution < 1.29 is 4.79 Å². The first-order valence-corrected chi connectivity index (χ1v) is 2.90. The molecule has 0 radical (unpaired) electrons. The molecule has 0 aromatic carbocycles. The molecule has 0 spiro atoms. The summed E-state index contributed by atoms with van der Waals surface area (Å²) in [4.78, 5) is 10.6. The molecule has 0 aliphatic rings. The van der Waals surface area contributed by atoms with E-state index < -0.39 is 0 Å². The summed E-state index contributed by atoms with van der Waals surface area (Å²) in [6.07, 6.45) is 2.47. The summed E-state index contributed by atoms with van der Waals surface area (Å²) < 4.78 is 0. The van der Waals surface area contributed by atoms with E-state index in [2.05, 4.69) is 5.32 Å². The number of amides is 1. The molecule has 3 heteroatoms. The van der Waals surface area contributed by atoms with Crippen molar-refractivity contribution in [1.82, 2.24) is 5.32 Å². The summed E-state index contributed by atoms with van der Waals surface area (Å²) in [7, 11) is 1.55. The van der Waals surface area contributed by atoms with Gasteiger partial charge in [-0.3, -0.25) is 4.79 Å². The van der Waals surface area contributed by atoms with Crippen LogP contribution in [-0.2, 0) is 4.79 Å². The number of allylic oxidation sites excluding steroid dienone is 1. The van der Waals surface area contributed by atoms with Crippen LogP contribution in [0.2, 0.25) is 0 Å². The quantitative estimate of drug-likeness (QED) is 0.514. The van der Waals surface area contributed by atoms with Gasteiger partial charge in [0.25, 0.3) is 5.91 Å². The lowest BCUT2D eigenvalue weighted by Crippen LogP contribution is -2.24. The smallest absolute Gasteiger partial charge is 0.266 e. The zero-order valence-electron chi connectivity index (χ0n) is 5.77. The summed E-state index contributed by atoms with van der Waals surface area (Å²) >= 11 is 0. The standard InChI is InChI=1S/C6H12N2O/c1-3-4-5(7)6(9)8-2/h4H,3,7H2,1-2H3,(H,8,9)/b5-4+. The first-order valence-electron chi connectivity index (χ1n) is 2.90. The molecular weight excluding hydrogens is 116 g/mol. The Labute approximate surface area is 54.9 Å². The number of nitrogens with two attached hydrogens (primary N) is 1. The van der Waals surface area contributed by atoms with Gasteiger partial charge in [-0.25, -0.2) is 0 Å². The monoisotopic (exact) mass is 128 g/mol. The Morgan fingerprint density at radius 3 is 2.67 bits per heavy atom. The number of nitrogens with one attached hydrogen (secondary N) is 1. The summed E-state index contributed by atoms with van der Waals surface area (Å²) in [5.41, 5.74) is 5.58. The van der Waals surface area contributed by atoms with E-state index in [4.69, 9.17) is 5.73 Å². The van der Waals surface area contributed by atoms with E-state index in [-0.39, 0.29) is 5.91 Å². The first-order chi connectivity index (χ1) is 4.22. The lowest BCUT2D eigenvalue weighted by Gasteiger charge is -1.96. The van der Waals surface area contributed by atoms with E-state index >= 15 is 0 Å². The molecule has 0 aliphatic heterocycles. The molecule has 1 amide bonds. The molecule has 0 aromatic heterocycles. The molecule has 0 rings (SSSR count). The molecule has 0 saturated heterocycles. The van der Waals surface area contributed by atoms with Crippen LogP contribution in [0.4, 0.5) is 0 Å². The van der Waals surface area contributed by atoms with Gasteiger partial charge in [-0.05, 0) is 6.42 Å². The van der Waals surface area contributed by atoms with Gasteiger partial charge in [-0.1, -0.05) is 13.0 Å². The van der Waals surface area contributed by atoms with Crippen molar-refractivity contribution >= 4 is 5.91 Å². The van der Waals surface area contributed by atoms with E-state index in [0.717, 1.165) is 6.42 Å². The minimum Gasteiger partial charge on any atom is -0.395 e. The van der Waals surface area contributed by atoms with Crippen molar-refractivity contribution in [3.8, 4) is 0 Å². The van der Waals surface area contributed by atoms with Crippen LogP contribution in [0.15, 0.2) is 11.8 Å². The van der Waals surface area contributed by atoms with Crippen LogP contribution in [0.25, 0.3) is 0 Å². The molecule has 0 aliphatic carbocycles. The number of rotatable bonds is 2. The third-order valence-corrected chi connectivity index (χ3v) is 0.913. The van der Waals surface area contributed by atoms with Crippen LogP contribution in [0.5, 0.6) is 0 Å². The second-order valence-corrected chi connectivity index (χ2v) is 1.65. The van der Waals surface area contributed by atoms with Gasteiger partial charge in [0, 0.05) is 7.05 Å². The van der Waals surface area contributed by atoms with Crippen LogP contribution in [0.1, 0.15) is 13.3 Å². The maximum atomic E-state index is 10.6. The second kappa shape index (κ2) is 3.95. The van der Waals surface area contributed by atoms with Gasteiger partial charge >= 0.3 is 0 Å². The number of hydrogen-bond acceptors (Lipinski definition) is 2. The normalized spacial score (nSPS) is 11.1. The maximum Gasteiger partial charge on any atom is 0.266 e. The largest absolute Gasteiger partial charge is 0.395 e. The summed E-state index contributed by atoms with van der Waals surface area (Å²) in [5.74, 6) is -0.211. The minimum atomic E-state index is -0.211. The minimum absolute atomic E-state index is 0.211. The van der Waals surface area contributed by atoms with Gasteiger partial charge in [-0.15, -0.1) is 0 Å². The number of likely N-dealkylation sites (N-methyl/N-ethyl adjacent to an activating group) is 1. The molecule has 0 saturated carbocycles. The Morgan fingerprint density at radius 2 is 2.33 bits per heavy atom. The van der Waals surface area contributed by atoms with Crippen molar-refractivity contribution in [2.75, 3.05) is 7.05 Å². The molecule has 3 N–H and O–H groups in total. The van der Waals surface area contributed by atoms with E-state index in [0.29, 0.717) is 5.70 Å². The van der Waals surface area contributed by atoms with Crippen molar-refractivity contribution in [3.63, 3.8) is 0 Å². The van der Waals surface area contributed by atoms with E-state index in [1.54, 1.807) is 13.1 Å². The van der Waals surface area contributed by atoms with Crippen LogP contribution >= 0.6 is 0 Å². The Kier molecular flexibility index (Phi) is 3.51. The fourth-order valence-electron chi connectivity index (χ4n) is 0.457. The van der Waals surface area contributed by atoms with Gasteiger partial charge in [0.15, 0.2) is 0 Å². The average molecular weight is 128 g/mol.